The second-order valence-electron chi connectivity index (χ2n) is 17.0. The lowest BCUT2D eigenvalue weighted by atomic mass is 10.0. The predicted molar refractivity (Wildman–Crippen MR) is 221 cm³/mol. The molecule has 3 N–H and O–H groups in total. The Morgan fingerprint density at radius 3 is 2.30 bits per heavy atom. The topological polar surface area (TPSA) is 162 Å². The summed E-state index contributed by atoms with van der Waals surface area (Å²) in [6, 6.07) is 13.1. The van der Waals surface area contributed by atoms with Crippen molar-refractivity contribution in [1.29, 1.82) is 0 Å². The smallest absolute Gasteiger partial charge is 0.453 e. The van der Waals surface area contributed by atoms with E-state index in [4.69, 9.17) is 4.74 Å². The second-order valence-corrected chi connectivity index (χ2v) is 17.0. The van der Waals surface area contributed by atoms with Gasteiger partial charge in [0.05, 0.1) is 30.6 Å². The summed E-state index contributed by atoms with van der Waals surface area (Å²) in [7, 11) is 1.24. The number of H-pyrrole nitrogens is 1. The lowest BCUT2D eigenvalue weighted by molar-refractivity contribution is -0.274. The summed E-state index contributed by atoms with van der Waals surface area (Å²) in [4.78, 5) is 69.8. The SMILES string of the molecule is COC(=O)N[C@H](C(=O)N1CCC[C@H]1c1ncc(-c2ccc(-c3ccc(NC(=O)c4ccc(N5CCN(C(=O)[C@H]6CC6(C)C)C[C@H]5C)nc4)cc3OC(F)(F)F)cc2)[nH]1)C(C)C. The summed E-state index contributed by atoms with van der Waals surface area (Å²) in [6.45, 7) is 12.2. The molecule has 0 unspecified atom stereocenters. The van der Waals surface area contributed by atoms with Crippen LogP contribution in [0.2, 0.25) is 0 Å². The van der Waals surface area contributed by atoms with Gasteiger partial charge in [0.1, 0.15) is 23.4 Å². The van der Waals surface area contributed by atoms with Crippen molar-refractivity contribution in [3.05, 3.63) is 78.4 Å². The second kappa shape index (κ2) is 17.1. The Labute approximate surface area is 352 Å². The Kier molecular flexibility index (Phi) is 12.0. The van der Waals surface area contributed by atoms with Crippen LogP contribution < -0.4 is 20.3 Å². The molecule has 4 aromatic rings. The fourth-order valence-electron chi connectivity index (χ4n) is 8.22. The largest absolute Gasteiger partial charge is 0.573 e. The average molecular weight is 845 g/mol. The van der Waals surface area contributed by atoms with E-state index in [9.17, 15) is 32.3 Å². The summed E-state index contributed by atoms with van der Waals surface area (Å²) < 4.78 is 50.2. The number of anilines is 2. The quantitative estimate of drug-likeness (QED) is 0.140. The molecule has 3 aliphatic rings. The zero-order chi connectivity index (χ0) is 43.8. The van der Waals surface area contributed by atoms with Gasteiger partial charge in [-0.05, 0) is 72.9 Å². The number of methoxy groups -OCH3 is 1. The molecule has 4 atom stereocenters. The third-order valence-electron chi connectivity index (χ3n) is 11.9. The van der Waals surface area contributed by atoms with E-state index in [0.29, 0.717) is 61.1 Å². The summed E-state index contributed by atoms with van der Waals surface area (Å²) in [5, 5.41) is 5.29. The number of aromatic amines is 1. The molecule has 2 aliphatic heterocycles. The minimum atomic E-state index is -5.01. The molecule has 4 heterocycles. The Hall–Kier alpha value is -6.13. The van der Waals surface area contributed by atoms with Crippen LogP contribution in [0.4, 0.5) is 29.5 Å². The average Bonchev–Trinajstić information content (AvgIpc) is 3.56. The standard InChI is InChI=1S/C44H51F3N8O6/c1-25(2)37(52-42(59)60-6)41(58)55-17-7-8-34(55)38-49-23-33(51-38)28-11-9-27(10-12-28)31-15-14-30(20-35(31)61-44(45,46)47)50-39(56)29-13-16-36(48-22-29)54-19-18-53(24-26(54)3)40(57)32-21-43(32,4)5/h9-16,20,22-23,25-26,32,34,37H,7-8,17-19,21,24H2,1-6H3,(H,49,51)(H,50,56)(H,52,59)/t26-,32-,34+,37+/m1/s1. The lowest BCUT2D eigenvalue weighted by Crippen LogP contribution is -2.54. The van der Waals surface area contributed by atoms with Crippen LogP contribution in [0, 0.1) is 17.3 Å². The number of nitrogens with zero attached hydrogens (tertiary/aromatic N) is 5. The Bertz CT molecular complexity index is 2260. The van der Waals surface area contributed by atoms with Crippen molar-refractivity contribution in [3.63, 3.8) is 0 Å². The van der Waals surface area contributed by atoms with Crippen molar-refractivity contribution in [3.8, 4) is 28.1 Å². The molecule has 7 rings (SSSR count). The number of imidazole rings is 1. The van der Waals surface area contributed by atoms with Gasteiger partial charge in [-0.15, -0.1) is 13.2 Å². The molecule has 0 radical (unpaired) electrons. The van der Waals surface area contributed by atoms with Crippen molar-refractivity contribution >= 4 is 35.3 Å². The van der Waals surface area contributed by atoms with E-state index in [-0.39, 0.29) is 58.0 Å². The number of halogens is 3. The van der Waals surface area contributed by atoms with Crippen LogP contribution >= 0.6 is 0 Å². The summed E-state index contributed by atoms with van der Waals surface area (Å²) in [5.74, 6) is 0.0251. The number of aromatic nitrogens is 3. The molecule has 14 nitrogen and oxygen atoms in total. The monoisotopic (exact) mass is 844 g/mol. The van der Waals surface area contributed by atoms with Gasteiger partial charge < -0.3 is 39.8 Å². The van der Waals surface area contributed by atoms with Crippen LogP contribution in [0.5, 0.6) is 5.75 Å². The summed E-state index contributed by atoms with van der Waals surface area (Å²) >= 11 is 0. The van der Waals surface area contributed by atoms with Crippen molar-refractivity contribution in [1.82, 2.24) is 30.1 Å². The van der Waals surface area contributed by atoms with E-state index in [1.165, 1.54) is 25.4 Å². The van der Waals surface area contributed by atoms with Gasteiger partial charge in [-0.2, -0.15) is 0 Å². The fraction of sp³-hybridized carbons (Fsp3) is 0.455. The van der Waals surface area contributed by atoms with Gasteiger partial charge in [-0.3, -0.25) is 14.4 Å². The van der Waals surface area contributed by atoms with E-state index in [1.807, 2.05) is 25.7 Å². The number of amides is 4. The molecule has 1 saturated carbocycles. The number of alkyl carbamates (subject to hydrolysis) is 1. The molecule has 3 fully saturated rings. The van der Waals surface area contributed by atoms with E-state index in [2.05, 4.69) is 49.1 Å². The number of ether oxygens (including phenoxy) is 2. The number of hydrogen-bond donors (Lipinski definition) is 3. The predicted octanol–water partition coefficient (Wildman–Crippen LogP) is 7.42. The molecule has 2 aromatic heterocycles. The number of rotatable bonds is 11. The highest BCUT2D eigenvalue weighted by Gasteiger charge is 2.52. The maximum Gasteiger partial charge on any atom is 0.573 e. The number of nitrogens with one attached hydrogen (secondary N) is 3. The molecule has 0 bridgehead atoms. The van der Waals surface area contributed by atoms with Crippen LogP contribution in [-0.4, -0.2) is 100 Å². The molecule has 1 aliphatic carbocycles. The first kappa shape index (κ1) is 43.0. The Morgan fingerprint density at radius 1 is 0.951 bits per heavy atom. The maximum absolute atomic E-state index is 13.7. The third kappa shape index (κ3) is 9.60. The number of carbonyl (C=O) groups is 4. The normalized spacial score (nSPS) is 20.3. The highest BCUT2D eigenvalue weighted by atomic mass is 19.4. The number of pyridine rings is 1. The molecule has 324 valence electrons. The van der Waals surface area contributed by atoms with E-state index < -0.39 is 30.2 Å². The van der Waals surface area contributed by atoms with E-state index in [1.54, 1.807) is 47.5 Å². The molecule has 2 aromatic carbocycles. The zero-order valence-electron chi connectivity index (χ0n) is 35.0. The molecule has 61 heavy (non-hydrogen) atoms. The van der Waals surface area contributed by atoms with Gasteiger partial charge >= 0.3 is 12.5 Å². The minimum Gasteiger partial charge on any atom is -0.453 e. The van der Waals surface area contributed by atoms with Gasteiger partial charge in [0.15, 0.2) is 0 Å². The van der Waals surface area contributed by atoms with Crippen LogP contribution in [0.1, 0.15) is 76.1 Å². The highest BCUT2D eigenvalue weighted by Crippen LogP contribution is 2.52. The molecular formula is C44H51F3N8O6. The van der Waals surface area contributed by atoms with Gasteiger partial charge in [-0.25, -0.2) is 14.8 Å². The Balaban J connectivity index is 1.01. The third-order valence-corrected chi connectivity index (χ3v) is 11.9. The van der Waals surface area contributed by atoms with Gasteiger partial charge in [0.2, 0.25) is 11.8 Å². The summed E-state index contributed by atoms with van der Waals surface area (Å²) in [6.07, 6.45) is -0.310. The van der Waals surface area contributed by atoms with Gasteiger partial charge in [-0.1, -0.05) is 52.0 Å². The van der Waals surface area contributed by atoms with Gasteiger partial charge in [0, 0.05) is 61.7 Å². The van der Waals surface area contributed by atoms with E-state index >= 15 is 0 Å². The number of alkyl halides is 3. The van der Waals surface area contributed by atoms with Crippen molar-refractivity contribution in [2.45, 2.75) is 78.4 Å². The van der Waals surface area contributed by atoms with Crippen LogP contribution in [0.15, 0.2) is 67.0 Å². The number of hydrogen-bond acceptors (Lipinski definition) is 9. The van der Waals surface area contributed by atoms with Crippen LogP contribution in [0.3, 0.4) is 0 Å². The van der Waals surface area contributed by atoms with Crippen LogP contribution in [-0.2, 0) is 14.3 Å². The lowest BCUT2D eigenvalue weighted by Gasteiger charge is -2.40. The molecule has 17 heteroatoms. The first-order valence-corrected chi connectivity index (χ1v) is 20.5. The first-order chi connectivity index (χ1) is 28.9. The molecule has 4 amide bonds. The fourth-order valence-corrected chi connectivity index (χ4v) is 8.22. The first-order valence-electron chi connectivity index (χ1n) is 20.5. The van der Waals surface area contributed by atoms with Gasteiger partial charge in [0.25, 0.3) is 5.91 Å². The van der Waals surface area contributed by atoms with Crippen LogP contribution in [0.25, 0.3) is 22.4 Å². The summed E-state index contributed by atoms with van der Waals surface area (Å²) in [5.41, 5.74) is 2.29. The highest BCUT2D eigenvalue weighted by molar-refractivity contribution is 6.04. The molecule has 0 spiro atoms. The number of likely N-dealkylation sites (tertiary alicyclic amines) is 1. The number of carbonyl (C=O) groups excluding carboxylic acids is 4. The zero-order valence-corrected chi connectivity index (χ0v) is 35.0. The molecule has 2 saturated heterocycles. The maximum atomic E-state index is 13.7. The van der Waals surface area contributed by atoms with Crippen molar-refractivity contribution in [2.24, 2.45) is 17.3 Å². The number of benzene rings is 2. The molecular weight excluding hydrogens is 794 g/mol. The Morgan fingerprint density at radius 2 is 1.67 bits per heavy atom. The van der Waals surface area contributed by atoms with E-state index in [0.717, 1.165) is 18.9 Å². The minimum absolute atomic E-state index is 0.0151. The van der Waals surface area contributed by atoms with Crippen molar-refractivity contribution < 1.29 is 41.8 Å². The van der Waals surface area contributed by atoms with Crippen molar-refractivity contribution in [2.75, 3.05) is 43.5 Å². The number of piperazine rings is 1.